The number of rotatable bonds is 5. The van der Waals surface area contributed by atoms with Crippen molar-refractivity contribution in [2.75, 3.05) is 7.05 Å². The summed E-state index contributed by atoms with van der Waals surface area (Å²) in [6, 6.07) is 3.78. The van der Waals surface area contributed by atoms with E-state index in [0.717, 1.165) is 24.3 Å². The van der Waals surface area contributed by atoms with Crippen molar-refractivity contribution < 1.29 is 0 Å². The molecule has 0 amide bonds. The van der Waals surface area contributed by atoms with Crippen molar-refractivity contribution in [2.24, 2.45) is 5.73 Å². The van der Waals surface area contributed by atoms with Gasteiger partial charge in [0, 0.05) is 24.7 Å². The quantitative estimate of drug-likeness (QED) is 0.631. The van der Waals surface area contributed by atoms with Gasteiger partial charge in [-0.3, -0.25) is 15.3 Å². The first-order valence-corrected chi connectivity index (χ1v) is 6.44. The topological polar surface area (TPSA) is 78.9 Å². The van der Waals surface area contributed by atoms with Gasteiger partial charge in [0.15, 0.2) is 0 Å². The zero-order valence-corrected chi connectivity index (χ0v) is 10.9. The number of nitrogens with two attached hydrogens (primary N) is 1. The molecule has 0 aliphatic rings. The van der Waals surface area contributed by atoms with E-state index in [1.165, 1.54) is 0 Å². The van der Waals surface area contributed by atoms with Gasteiger partial charge < -0.3 is 5.73 Å². The lowest BCUT2D eigenvalue weighted by molar-refractivity contribution is 0.315. The highest BCUT2D eigenvalue weighted by Gasteiger charge is 2.05. The van der Waals surface area contributed by atoms with Gasteiger partial charge in [-0.15, -0.1) is 11.3 Å². The third-order valence-corrected chi connectivity index (χ3v) is 3.10. The number of nitrogen functional groups attached to an aromatic ring is 1. The Morgan fingerprint density at radius 3 is 2.94 bits per heavy atom. The smallest absolute Gasteiger partial charge is 0.141 e. The van der Waals surface area contributed by atoms with Crippen molar-refractivity contribution >= 4 is 17.2 Å². The van der Waals surface area contributed by atoms with E-state index in [1.807, 2.05) is 30.1 Å². The van der Waals surface area contributed by atoms with Gasteiger partial charge in [-0.1, -0.05) is 0 Å². The summed E-state index contributed by atoms with van der Waals surface area (Å²) in [7, 11) is 2.03. The van der Waals surface area contributed by atoms with Crippen molar-refractivity contribution in [3.63, 3.8) is 0 Å². The predicted octanol–water partition coefficient (Wildman–Crippen LogP) is 1.45. The average molecular weight is 261 g/mol. The maximum atomic E-state index is 7.37. The molecule has 0 aliphatic heterocycles. The van der Waals surface area contributed by atoms with Crippen LogP contribution in [0.3, 0.4) is 0 Å². The molecule has 0 aliphatic carbocycles. The van der Waals surface area contributed by atoms with E-state index in [0.29, 0.717) is 5.69 Å². The minimum absolute atomic E-state index is 0.000922. The van der Waals surface area contributed by atoms with Gasteiger partial charge in [0.25, 0.3) is 0 Å². The van der Waals surface area contributed by atoms with Crippen molar-refractivity contribution in [3.8, 4) is 0 Å². The van der Waals surface area contributed by atoms with Crippen molar-refractivity contribution in [1.82, 2.24) is 14.9 Å². The Kier molecular flexibility index (Phi) is 4.01. The number of hydrogen-bond donors (Lipinski definition) is 2. The number of thiazole rings is 1. The van der Waals surface area contributed by atoms with Crippen LogP contribution in [0.15, 0.2) is 29.2 Å². The van der Waals surface area contributed by atoms with Crippen LogP contribution in [-0.4, -0.2) is 27.8 Å². The van der Waals surface area contributed by atoms with Crippen LogP contribution < -0.4 is 5.73 Å². The maximum absolute atomic E-state index is 7.37. The molecule has 2 heterocycles. The Morgan fingerprint density at radius 2 is 2.28 bits per heavy atom. The molecule has 0 radical (unpaired) electrons. The molecular formula is C12H15N5S. The Morgan fingerprint density at radius 1 is 1.44 bits per heavy atom. The van der Waals surface area contributed by atoms with Gasteiger partial charge in [-0.25, -0.2) is 4.98 Å². The fourth-order valence-electron chi connectivity index (χ4n) is 1.68. The second kappa shape index (κ2) is 5.70. The summed E-state index contributed by atoms with van der Waals surface area (Å²) in [5.74, 6) is -0.000922. The molecule has 6 heteroatoms. The number of aromatic nitrogens is 2. The van der Waals surface area contributed by atoms with Crippen LogP contribution >= 0.6 is 11.3 Å². The molecule has 2 aromatic rings. The van der Waals surface area contributed by atoms with Crippen LogP contribution in [-0.2, 0) is 13.1 Å². The summed E-state index contributed by atoms with van der Waals surface area (Å²) in [5, 5.41) is 9.41. The summed E-state index contributed by atoms with van der Waals surface area (Å²) < 4.78 is 0. The molecule has 2 rings (SSSR count). The van der Waals surface area contributed by atoms with Gasteiger partial charge in [-0.2, -0.15) is 0 Å². The van der Waals surface area contributed by atoms with E-state index < -0.39 is 0 Å². The molecular weight excluding hydrogens is 246 g/mol. The lowest BCUT2D eigenvalue weighted by atomic mass is 10.2. The molecule has 0 saturated heterocycles. The first-order valence-electron chi connectivity index (χ1n) is 5.50. The SMILES string of the molecule is CN(Cc1ccnc(C(=N)N)c1)Cc1cscn1. The van der Waals surface area contributed by atoms with E-state index >= 15 is 0 Å². The Balaban J connectivity index is 2.00. The molecule has 2 aromatic heterocycles. The van der Waals surface area contributed by atoms with Gasteiger partial charge in [0.2, 0.25) is 0 Å². The Hall–Kier alpha value is -1.79. The summed E-state index contributed by atoms with van der Waals surface area (Å²) in [6.07, 6.45) is 1.68. The first-order chi connectivity index (χ1) is 8.65. The van der Waals surface area contributed by atoms with E-state index in [4.69, 9.17) is 11.1 Å². The van der Waals surface area contributed by atoms with E-state index in [2.05, 4.69) is 14.9 Å². The first kappa shape index (κ1) is 12.7. The Bertz CT molecular complexity index is 523. The molecule has 94 valence electrons. The average Bonchev–Trinajstić information content (AvgIpc) is 2.82. The highest BCUT2D eigenvalue weighted by Crippen LogP contribution is 2.09. The largest absolute Gasteiger partial charge is 0.382 e. The molecule has 3 N–H and O–H groups in total. The highest BCUT2D eigenvalue weighted by atomic mass is 32.1. The van der Waals surface area contributed by atoms with E-state index in [1.54, 1.807) is 17.5 Å². The van der Waals surface area contributed by atoms with Crippen LogP contribution in [0.2, 0.25) is 0 Å². The Labute approximate surface area is 110 Å². The minimum Gasteiger partial charge on any atom is -0.382 e. The summed E-state index contributed by atoms with van der Waals surface area (Å²) in [6.45, 7) is 1.58. The number of pyridine rings is 1. The highest BCUT2D eigenvalue weighted by molar-refractivity contribution is 7.07. The minimum atomic E-state index is -0.000922. The van der Waals surface area contributed by atoms with Gasteiger partial charge in [0.05, 0.1) is 11.2 Å². The molecule has 18 heavy (non-hydrogen) atoms. The zero-order chi connectivity index (χ0) is 13.0. The van der Waals surface area contributed by atoms with E-state index in [-0.39, 0.29) is 5.84 Å². The number of hydrogen-bond acceptors (Lipinski definition) is 5. The van der Waals surface area contributed by atoms with Gasteiger partial charge >= 0.3 is 0 Å². The predicted molar refractivity (Wildman–Crippen MR) is 72.5 cm³/mol. The van der Waals surface area contributed by atoms with Crippen LogP contribution in [0.5, 0.6) is 0 Å². The van der Waals surface area contributed by atoms with Gasteiger partial charge in [0.1, 0.15) is 11.5 Å². The molecule has 0 bridgehead atoms. The van der Waals surface area contributed by atoms with Crippen LogP contribution in [0.25, 0.3) is 0 Å². The molecule has 5 nitrogen and oxygen atoms in total. The van der Waals surface area contributed by atoms with Gasteiger partial charge in [-0.05, 0) is 24.7 Å². The van der Waals surface area contributed by atoms with Crippen molar-refractivity contribution in [2.45, 2.75) is 13.1 Å². The van der Waals surface area contributed by atoms with Crippen LogP contribution in [0, 0.1) is 5.41 Å². The summed E-state index contributed by atoms with van der Waals surface area (Å²) >= 11 is 1.60. The second-order valence-corrected chi connectivity index (χ2v) is 4.83. The molecule has 0 aromatic carbocycles. The number of amidine groups is 1. The fraction of sp³-hybridized carbons (Fsp3) is 0.250. The van der Waals surface area contributed by atoms with Crippen molar-refractivity contribution in [3.05, 3.63) is 46.2 Å². The second-order valence-electron chi connectivity index (χ2n) is 4.12. The van der Waals surface area contributed by atoms with Crippen molar-refractivity contribution in [1.29, 1.82) is 5.41 Å². The lowest BCUT2D eigenvalue weighted by Gasteiger charge is -2.15. The number of nitrogens with zero attached hydrogens (tertiary/aromatic N) is 3. The monoisotopic (exact) mass is 261 g/mol. The fourth-order valence-corrected chi connectivity index (χ4v) is 2.23. The third kappa shape index (κ3) is 3.35. The standard InChI is InChI=1S/C12H15N5S/c1-17(6-10-7-18-8-16-10)5-9-2-3-15-11(4-9)12(13)14/h2-4,7-8H,5-6H2,1H3,(H3,13,14). The summed E-state index contributed by atoms with van der Waals surface area (Å²) in [4.78, 5) is 10.5. The molecule has 0 spiro atoms. The third-order valence-electron chi connectivity index (χ3n) is 2.47. The molecule has 0 saturated carbocycles. The number of nitrogens with one attached hydrogen (secondary N) is 1. The van der Waals surface area contributed by atoms with Crippen LogP contribution in [0.1, 0.15) is 17.0 Å². The summed E-state index contributed by atoms with van der Waals surface area (Å²) in [5.41, 5.74) is 9.94. The normalized spacial score (nSPS) is 10.8. The molecule has 0 atom stereocenters. The zero-order valence-electron chi connectivity index (χ0n) is 10.1. The lowest BCUT2D eigenvalue weighted by Crippen LogP contribution is -2.18. The van der Waals surface area contributed by atoms with E-state index in [9.17, 15) is 0 Å². The molecule has 0 unspecified atom stereocenters. The molecule has 0 fully saturated rings. The van der Waals surface area contributed by atoms with Crippen LogP contribution in [0.4, 0.5) is 0 Å². The maximum Gasteiger partial charge on any atom is 0.141 e.